The fourth-order valence-electron chi connectivity index (χ4n) is 2.04. The summed E-state index contributed by atoms with van der Waals surface area (Å²) in [6.07, 6.45) is 5.22. The summed E-state index contributed by atoms with van der Waals surface area (Å²) in [5.41, 5.74) is 0.170. The third-order valence-electron chi connectivity index (χ3n) is 3.20. The van der Waals surface area contributed by atoms with Gasteiger partial charge in [-0.2, -0.15) is 0 Å². The zero-order chi connectivity index (χ0) is 16.5. The Balaban J connectivity index is 2.12. The maximum atomic E-state index is 12.0. The monoisotopic (exact) mass is 318 g/mol. The highest BCUT2D eigenvalue weighted by molar-refractivity contribution is 6.02. The summed E-state index contributed by atoms with van der Waals surface area (Å²) < 4.78 is 15.2. The Bertz CT molecular complexity index is 605. The van der Waals surface area contributed by atoms with Crippen LogP contribution < -0.4 is 4.74 Å². The minimum absolute atomic E-state index is 0.170. The zero-order valence-corrected chi connectivity index (χ0v) is 12.7. The van der Waals surface area contributed by atoms with E-state index in [9.17, 15) is 14.4 Å². The number of benzene rings is 1. The van der Waals surface area contributed by atoms with E-state index in [1.165, 1.54) is 6.07 Å². The number of carbonyl (C=O) groups excluding carboxylic acids is 3. The second-order valence-corrected chi connectivity index (χ2v) is 4.97. The van der Waals surface area contributed by atoms with Crippen LogP contribution >= 0.6 is 0 Å². The summed E-state index contributed by atoms with van der Waals surface area (Å²) in [5, 5.41) is 0. The van der Waals surface area contributed by atoms with Crippen LogP contribution in [0.25, 0.3) is 0 Å². The third-order valence-corrected chi connectivity index (χ3v) is 3.20. The van der Waals surface area contributed by atoms with Crippen LogP contribution in [0.1, 0.15) is 36.0 Å². The van der Waals surface area contributed by atoms with Gasteiger partial charge >= 0.3 is 17.9 Å². The molecule has 1 heterocycles. The van der Waals surface area contributed by atoms with Crippen molar-refractivity contribution >= 4 is 17.9 Å². The molecule has 0 spiro atoms. The molecule has 1 aliphatic rings. The summed E-state index contributed by atoms with van der Waals surface area (Å²) in [7, 11) is 0. The lowest BCUT2D eigenvalue weighted by molar-refractivity contribution is -0.139. The first-order valence-corrected chi connectivity index (χ1v) is 7.49. The Morgan fingerprint density at radius 3 is 2.17 bits per heavy atom. The van der Waals surface area contributed by atoms with Crippen LogP contribution in [0, 0.1) is 0 Å². The molecule has 1 aromatic rings. The van der Waals surface area contributed by atoms with Gasteiger partial charge in [0.1, 0.15) is 11.3 Å². The van der Waals surface area contributed by atoms with Gasteiger partial charge in [0.25, 0.3) is 0 Å². The van der Waals surface area contributed by atoms with Gasteiger partial charge in [0.15, 0.2) is 0 Å². The topological polar surface area (TPSA) is 78.9 Å². The van der Waals surface area contributed by atoms with E-state index in [2.05, 4.69) is 4.74 Å². The lowest BCUT2D eigenvalue weighted by atomic mass is 10.2. The number of hydrogen-bond acceptors (Lipinski definition) is 6. The largest absolute Gasteiger partial charge is 0.493 e. The van der Waals surface area contributed by atoms with Crippen LogP contribution in [0.3, 0.4) is 0 Å². The highest BCUT2D eigenvalue weighted by atomic mass is 16.6. The Labute approximate surface area is 134 Å². The molecule has 6 nitrogen and oxygen atoms in total. The van der Waals surface area contributed by atoms with Crippen LogP contribution in [0.2, 0.25) is 0 Å². The number of ether oxygens (including phenoxy) is 3. The predicted molar refractivity (Wildman–Crippen MR) is 80.9 cm³/mol. The van der Waals surface area contributed by atoms with Crippen molar-refractivity contribution in [1.29, 1.82) is 0 Å². The van der Waals surface area contributed by atoms with E-state index in [1.54, 1.807) is 18.2 Å². The van der Waals surface area contributed by atoms with Gasteiger partial charge in [0.05, 0.1) is 13.2 Å². The minimum Gasteiger partial charge on any atom is -0.493 e. The van der Waals surface area contributed by atoms with E-state index in [4.69, 9.17) is 9.47 Å². The molecule has 0 atom stereocenters. The molecule has 0 aromatic heterocycles. The molecule has 1 aromatic carbocycles. The fraction of sp³-hybridized carbons (Fsp3) is 0.353. The average molecular weight is 318 g/mol. The van der Waals surface area contributed by atoms with Gasteiger partial charge in [0.2, 0.25) is 0 Å². The number of rotatable bonds is 0. The Kier molecular flexibility index (Phi) is 6.35. The van der Waals surface area contributed by atoms with Gasteiger partial charge in [-0.05, 0) is 37.8 Å². The number of para-hydroxylation sites is 1. The lowest BCUT2D eigenvalue weighted by Gasteiger charge is -2.10. The third kappa shape index (κ3) is 5.58. The Morgan fingerprint density at radius 1 is 0.739 bits per heavy atom. The average Bonchev–Trinajstić information content (AvgIpc) is 2.55. The van der Waals surface area contributed by atoms with E-state index in [0.29, 0.717) is 19.0 Å². The van der Waals surface area contributed by atoms with Gasteiger partial charge in [0, 0.05) is 12.2 Å². The summed E-state index contributed by atoms with van der Waals surface area (Å²) >= 11 is 0. The highest BCUT2D eigenvalue weighted by Gasteiger charge is 2.16. The van der Waals surface area contributed by atoms with Crippen molar-refractivity contribution < 1.29 is 28.6 Å². The quantitative estimate of drug-likeness (QED) is 0.540. The highest BCUT2D eigenvalue weighted by Crippen LogP contribution is 2.19. The van der Waals surface area contributed by atoms with Crippen molar-refractivity contribution in [3.63, 3.8) is 0 Å². The summed E-state index contributed by atoms with van der Waals surface area (Å²) in [5.74, 6) is -2.02. The Morgan fingerprint density at radius 2 is 1.39 bits per heavy atom. The van der Waals surface area contributed by atoms with Crippen molar-refractivity contribution in [2.24, 2.45) is 0 Å². The van der Waals surface area contributed by atoms with Gasteiger partial charge < -0.3 is 14.2 Å². The number of fused-ring (bicyclic) bond motifs is 1. The van der Waals surface area contributed by atoms with Crippen molar-refractivity contribution in [3.05, 3.63) is 42.0 Å². The van der Waals surface area contributed by atoms with Crippen molar-refractivity contribution in [1.82, 2.24) is 0 Å². The molecule has 0 saturated carbocycles. The molecule has 23 heavy (non-hydrogen) atoms. The molecule has 0 amide bonds. The summed E-state index contributed by atoms with van der Waals surface area (Å²) in [6, 6.07) is 6.56. The molecule has 1 aliphatic heterocycles. The van der Waals surface area contributed by atoms with Crippen molar-refractivity contribution in [3.8, 4) is 5.75 Å². The fourth-order valence-corrected chi connectivity index (χ4v) is 2.04. The Hall–Kier alpha value is -2.63. The van der Waals surface area contributed by atoms with E-state index in [-0.39, 0.29) is 5.56 Å². The van der Waals surface area contributed by atoms with Crippen LogP contribution in [-0.4, -0.2) is 31.1 Å². The van der Waals surface area contributed by atoms with Crippen molar-refractivity contribution in [2.75, 3.05) is 13.2 Å². The standard InChI is InChI=1S/C17H18O6/c18-15-9-10-16(19)23-17(20)13-7-3-4-8-14(13)21-11-5-1-2-6-12-22-15/h3-4,7-10H,1-2,5-6,11-12H2/b10-9-. The van der Waals surface area contributed by atoms with Crippen LogP contribution in [0.4, 0.5) is 0 Å². The van der Waals surface area contributed by atoms with Crippen molar-refractivity contribution in [2.45, 2.75) is 25.7 Å². The van der Waals surface area contributed by atoms with E-state index < -0.39 is 17.9 Å². The van der Waals surface area contributed by atoms with Crippen LogP contribution in [0.5, 0.6) is 5.75 Å². The van der Waals surface area contributed by atoms with Gasteiger partial charge in [-0.25, -0.2) is 14.4 Å². The zero-order valence-electron chi connectivity index (χ0n) is 12.7. The number of carbonyl (C=O) groups is 3. The SMILES string of the molecule is O=C1/C=C\C(=O)OC(=O)c2ccccc2OCCCCCCO1. The maximum Gasteiger partial charge on any atom is 0.349 e. The summed E-state index contributed by atoms with van der Waals surface area (Å²) in [4.78, 5) is 35.0. The molecule has 122 valence electrons. The van der Waals surface area contributed by atoms with Gasteiger partial charge in [-0.1, -0.05) is 12.1 Å². The molecule has 0 fully saturated rings. The molecule has 0 bridgehead atoms. The normalized spacial score (nSPS) is 19.0. The predicted octanol–water partition coefficient (Wildman–Crippen LogP) is 2.42. The number of cyclic esters (lactones) is 3. The molecule has 0 N–H and O–H groups in total. The molecular formula is C17H18O6. The smallest absolute Gasteiger partial charge is 0.349 e. The molecule has 0 unspecified atom stereocenters. The first kappa shape index (κ1) is 16.7. The molecular weight excluding hydrogens is 300 g/mol. The maximum absolute atomic E-state index is 12.0. The molecule has 0 saturated heterocycles. The summed E-state index contributed by atoms with van der Waals surface area (Å²) in [6.45, 7) is 0.749. The van der Waals surface area contributed by atoms with Crippen LogP contribution in [-0.2, 0) is 19.1 Å². The molecule has 6 heteroatoms. The van der Waals surface area contributed by atoms with Crippen LogP contribution in [0.15, 0.2) is 36.4 Å². The molecule has 0 radical (unpaired) electrons. The lowest BCUT2D eigenvalue weighted by Crippen LogP contribution is -2.13. The number of esters is 3. The first-order valence-electron chi connectivity index (χ1n) is 7.49. The van der Waals surface area contributed by atoms with E-state index in [1.807, 2.05) is 0 Å². The molecule has 2 rings (SSSR count). The van der Waals surface area contributed by atoms with Gasteiger partial charge in [-0.3, -0.25) is 0 Å². The number of hydrogen-bond donors (Lipinski definition) is 0. The first-order chi connectivity index (χ1) is 11.2. The second-order valence-electron chi connectivity index (χ2n) is 4.97. The van der Waals surface area contributed by atoms with E-state index >= 15 is 0 Å². The van der Waals surface area contributed by atoms with E-state index in [0.717, 1.165) is 37.8 Å². The minimum atomic E-state index is -0.936. The molecule has 0 aliphatic carbocycles. The van der Waals surface area contributed by atoms with Gasteiger partial charge in [-0.15, -0.1) is 0 Å². The second kappa shape index (κ2) is 8.73.